The van der Waals surface area contributed by atoms with Gasteiger partial charge in [-0.2, -0.15) is 0 Å². The molecular formula is C14H16N4. The maximum Gasteiger partial charge on any atom is 0.132 e. The molecule has 3 rings (SSSR count). The first-order chi connectivity index (χ1) is 8.84. The number of pyridine rings is 1. The third-order valence-electron chi connectivity index (χ3n) is 3.37. The van der Waals surface area contributed by atoms with Crippen molar-refractivity contribution in [3.8, 4) is 0 Å². The molecule has 1 atom stereocenters. The Labute approximate surface area is 107 Å². The smallest absolute Gasteiger partial charge is 0.132 e. The van der Waals surface area contributed by atoms with Gasteiger partial charge in [-0.15, -0.1) is 0 Å². The maximum atomic E-state index is 4.47. The molecule has 4 nitrogen and oxygen atoms in total. The molecule has 0 N–H and O–H groups in total. The Bertz CT molecular complexity index is 526. The molecule has 4 heteroatoms. The standard InChI is InChI=1S/C14H16N4/c1-11-9-14(17-10-16-11)18-8-4-6-13(18)12-5-2-3-7-15-12/h2-3,5,7,9-10,13H,4,6,8H2,1H3/t13-/m1/s1. The highest BCUT2D eigenvalue weighted by molar-refractivity contribution is 5.43. The fourth-order valence-electron chi connectivity index (χ4n) is 2.52. The fourth-order valence-corrected chi connectivity index (χ4v) is 2.52. The molecule has 3 heterocycles. The van der Waals surface area contributed by atoms with Crippen molar-refractivity contribution in [1.82, 2.24) is 15.0 Å². The molecule has 0 amide bonds. The number of hydrogen-bond acceptors (Lipinski definition) is 4. The lowest BCUT2D eigenvalue weighted by molar-refractivity contribution is 0.686. The van der Waals surface area contributed by atoms with Gasteiger partial charge in [0.05, 0.1) is 11.7 Å². The van der Waals surface area contributed by atoms with E-state index < -0.39 is 0 Å². The summed E-state index contributed by atoms with van der Waals surface area (Å²) in [4.78, 5) is 15.3. The van der Waals surface area contributed by atoms with Crippen LogP contribution in [0.4, 0.5) is 5.82 Å². The molecule has 0 saturated carbocycles. The molecule has 0 radical (unpaired) electrons. The van der Waals surface area contributed by atoms with Crippen molar-refractivity contribution in [2.45, 2.75) is 25.8 Å². The molecule has 1 fully saturated rings. The second-order valence-electron chi connectivity index (χ2n) is 4.62. The van der Waals surface area contributed by atoms with E-state index in [9.17, 15) is 0 Å². The number of hydrogen-bond donors (Lipinski definition) is 0. The van der Waals surface area contributed by atoms with Gasteiger partial charge in [0.1, 0.15) is 12.1 Å². The normalized spacial score (nSPS) is 19.2. The van der Waals surface area contributed by atoms with Crippen LogP contribution in [0.25, 0.3) is 0 Å². The summed E-state index contributed by atoms with van der Waals surface area (Å²) in [6.07, 6.45) is 5.82. The summed E-state index contributed by atoms with van der Waals surface area (Å²) in [6.45, 7) is 3.04. The predicted octanol–water partition coefficient (Wildman–Crippen LogP) is 2.52. The maximum absolute atomic E-state index is 4.47. The Kier molecular flexibility index (Phi) is 2.92. The third kappa shape index (κ3) is 2.06. The molecular weight excluding hydrogens is 224 g/mol. The number of aryl methyl sites for hydroxylation is 1. The van der Waals surface area contributed by atoms with Gasteiger partial charge in [0, 0.05) is 24.5 Å². The topological polar surface area (TPSA) is 41.9 Å². The van der Waals surface area contributed by atoms with Crippen molar-refractivity contribution in [3.05, 3.63) is 48.2 Å². The van der Waals surface area contributed by atoms with Crippen molar-refractivity contribution < 1.29 is 0 Å². The van der Waals surface area contributed by atoms with Crippen LogP contribution in [-0.4, -0.2) is 21.5 Å². The Morgan fingerprint density at radius 3 is 2.94 bits per heavy atom. The molecule has 0 aliphatic carbocycles. The van der Waals surface area contributed by atoms with Gasteiger partial charge in [0.15, 0.2) is 0 Å². The quantitative estimate of drug-likeness (QED) is 0.809. The van der Waals surface area contributed by atoms with Gasteiger partial charge in [0.2, 0.25) is 0 Å². The molecule has 2 aromatic heterocycles. The third-order valence-corrected chi connectivity index (χ3v) is 3.37. The molecule has 1 aliphatic rings. The van der Waals surface area contributed by atoms with Gasteiger partial charge < -0.3 is 4.90 Å². The van der Waals surface area contributed by atoms with Gasteiger partial charge in [-0.3, -0.25) is 4.98 Å². The van der Waals surface area contributed by atoms with E-state index in [1.165, 1.54) is 6.42 Å². The van der Waals surface area contributed by atoms with Crippen LogP contribution in [0.3, 0.4) is 0 Å². The average Bonchev–Trinajstić information content (AvgIpc) is 2.89. The number of anilines is 1. The predicted molar refractivity (Wildman–Crippen MR) is 70.3 cm³/mol. The van der Waals surface area contributed by atoms with E-state index in [4.69, 9.17) is 0 Å². The van der Waals surface area contributed by atoms with Gasteiger partial charge in [0.25, 0.3) is 0 Å². The summed E-state index contributed by atoms with van der Waals surface area (Å²) in [6, 6.07) is 8.49. The SMILES string of the molecule is Cc1cc(N2CCC[C@@H]2c2ccccn2)ncn1. The number of aromatic nitrogens is 3. The highest BCUT2D eigenvalue weighted by Crippen LogP contribution is 2.33. The van der Waals surface area contributed by atoms with Crippen LogP contribution < -0.4 is 4.90 Å². The largest absolute Gasteiger partial charge is 0.348 e. The van der Waals surface area contributed by atoms with Crippen LogP contribution >= 0.6 is 0 Å². The molecule has 1 saturated heterocycles. The summed E-state index contributed by atoms with van der Waals surface area (Å²) in [5.41, 5.74) is 2.14. The Morgan fingerprint density at radius 2 is 2.17 bits per heavy atom. The Hall–Kier alpha value is -1.97. The summed E-state index contributed by atoms with van der Waals surface area (Å²) in [5.74, 6) is 1.01. The summed E-state index contributed by atoms with van der Waals surface area (Å²) in [5, 5.41) is 0. The molecule has 0 bridgehead atoms. The zero-order valence-electron chi connectivity index (χ0n) is 10.5. The van der Waals surface area contributed by atoms with Gasteiger partial charge >= 0.3 is 0 Å². The van der Waals surface area contributed by atoms with Gasteiger partial charge in [-0.05, 0) is 31.9 Å². The summed E-state index contributed by atoms with van der Waals surface area (Å²) < 4.78 is 0. The van der Waals surface area contributed by atoms with E-state index in [-0.39, 0.29) is 0 Å². The zero-order valence-corrected chi connectivity index (χ0v) is 10.5. The van der Waals surface area contributed by atoms with Crippen LogP contribution in [0.2, 0.25) is 0 Å². The minimum Gasteiger partial charge on any atom is -0.348 e. The van der Waals surface area contributed by atoms with E-state index in [0.717, 1.165) is 30.2 Å². The lowest BCUT2D eigenvalue weighted by Crippen LogP contribution is -2.24. The molecule has 1 aliphatic heterocycles. The van der Waals surface area contributed by atoms with Crippen LogP contribution in [0.1, 0.15) is 30.3 Å². The van der Waals surface area contributed by atoms with Crippen LogP contribution in [-0.2, 0) is 0 Å². The van der Waals surface area contributed by atoms with E-state index in [2.05, 4.69) is 25.9 Å². The zero-order chi connectivity index (χ0) is 12.4. The molecule has 0 unspecified atom stereocenters. The van der Waals surface area contributed by atoms with E-state index in [1.54, 1.807) is 6.33 Å². The summed E-state index contributed by atoms with van der Waals surface area (Å²) >= 11 is 0. The Morgan fingerprint density at radius 1 is 1.22 bits per heavy atom. The number of rotatable bonds is 2. The van der Waals surface area contributed by atoms with E-state index in [1.807, 2.05) is 31.3 Å². The highest BCUT2D eigenvalue weighted by Gasteiger charge is 2.27. The van der Waals surface area contributed by atoms with Crippen molar-refractivity contribution >= 4 is 5.82 Å². The van der Waals surface area contributed by atoms with Gasteiger partial charge in [-0.1, -0.05) is 6.07 Å². The Balaban J connectivity index is 1.92. The first-order valence-corrected chi connectivity index (χ1v) is 6.31. The fraction of sp³-hybridized carbons (Fsp3) is 0.357. The van der Waals surface area contributed by atoms with E-state index in [0.29, 0.717) is 6.04 Å². The minimum absolute atomic E-state index is 0.348. The molecule has 0 aromatic carbocycles. The second kappa shape index (κ2) is 4.72. The first kappa shape index (κ1) is 11.1. The van der Waals surface area contributed by atoms with Crippen LogP contribution in [0.15, 0.2) is 36.8 Å². The summed E-state index contributed by atoms with van der Waals surface area (Å²) in [7, 11) is 0. The molecule has 18 heavy (non-hydrogen) atoms. The minimum atomic E-state index is 0.348. The van der Waals surface area contributed by atoms with E-state index >= 15 is 0 Å². The highest BCUT2D eigenvalue weighted by atomic mass is 15.2. The average molecular weight is 240 g/mol. The van der Waals surface area contributed by atoms with Crippen LogP contribution in [0, 0.1) is 6.92 Å². The van der Waals surface area contributed by atoms with Crippen LogP contribution in [0.5, 0.6) is 0 Å². The van der Waals surface area contributed by atoms with Crippen molar-refractivity contribution in [2.24, 2.45) is 0 Å². The monoisotopic (exact) mass is 240 g/mol. The van der Waals surface area contributed by atoms with Crippen molar-refractivity contribution in [3.63, 3.8) is 0 Å². The molecule has 0 spiro atoms. The lowest BCUT2D eigenvalue weighted by atomic mass is 10.1. The second-order valence-corrected chi connectivity index (χ2v) is 4.62. The molecule has 2 aromatic rings. The van der Waals surface area contributed by atoms with Crippen molar-refractivity contribution in [2.75, 3.05) is 11.4 Å². The van der Waals surface area contributed by atoms with Gasteiger partial charge in [-0.25, -0.2) is 9.97 Å². The lowest BCUT2D eigenvalue weighted by Gasteiger charge is -2.25. The first-order valence-electron chi connectivity index (χ1n) is 6.31. The van der Waals surface area contributed by atoms with Crippen molar-refractivity contribution in [1.29, 1.82) is 0 Å². The molecule has 92 valence electrons. The number of nitrogens with zero attached hydrogens (tertiary/aromatic N) is 4.